The van der Waals surface area contributed by atoms with Gasteiger partial charge in [-0.05, 0) is 29.5 Å². The Kier molecular flexibility index (Phi) is 5.05. The minimum Gasteiger partial charge on any atom is -0.438 e. The number of alkyl halides is 3. The molecule has 1 fully saturated rings. The minimum atomic E-state index is -4.02. The first-order valence-corrected chi connectivity index (χ1v) is 8.84. The molecule has 1 aromatic carbocycles. The number of pyridine rings is 1. The molecule has 1 N–H and O–H groups in total. The average Bonchev–Trinajstić information content (AvgIpc) is 3.34. The van der Waals surface area contributed by atoms with Crippen LogP contribution in [-0.4, -0.2) is 61.3 Å². The van der Waals surface area contributed by atoms with E-state index < -0.39 is 36.8 Å². The van der Waals surface area contributed by atoms with Gasteiger partial charge in [0.1, 0.15) is 11.5 Å². The second kappa shape index (κ2) is 7.58. The normalized spacial score (nSPS) is 18.4. The van der Waals surface area contributed by atoms with Crippen molar-refractivity contribution in [3.05, 3.63) is 42.3 Å². The van der Waals surface area contributed by atoms with Crippen LogP contribution in [0.4, 0.5) is 28.0 Å². The van der Waals surface area contributed by atoms with E-state index in [1.54, 1.807) is 19.2 Å². The number of tetrazole rings is 1. The van der Waals surface area contributed by atoms with Gasteiger partial charge in [0.05, 0.1) is 19.3 Å². The van der Waals surface area contributed by atoms with Crippen molar-refractivity contribution in [2.75, 3.05) is 11.4 Å². The van der Waals surface area contributed by atoms with E-state index in [1.807, 2.05) is 0 Å². The standard InChI is InChI=1S/C18H14F4N6O3/c1-27-25-15(24-26-27)13-5-2-9(7-23-13)11-4-3-10(6-12(11)19)28-8-14(31-17(28)29)18(22,30)16(20)21/h2-7,14,16,30H,8H2,1H3. The van der Waals surface area contributed by atoms with Crippen LogP contribution in [0.15, 0.2) is 36.5 Å². The van der Waals surface area contributed by atoms with E-state index in [9.17, 15) is 27.5 Å². The number of cyclic esters (lactones) is 1. The van der Waals surface area contributed by atoms with Gasteiger partial charge in [-0.3, -0.25) is 9.88 Å². The first-order valence-electron chi connectivity index (χ1n) is 8.84. The number of aryl methyl sites for hydroxylation is 1. The molecule has 2 aromatic heterocycles. The van der Waals surface area contributed by atoms with Crippen LogP contribution in [0.25, 0.3) is 22.6 Å². The van der Waals surface area contributed by atoms with Crippen molar-refractivity contribution in [2.24, 2.45) is 7.05 Å². The third kappa shape index (κ3) is 3.79. The number of carbonyl (C=O) groups is 1. The number of ether oxygens (including phenoxy) is 1. The summed E-state index contributed by atoms with van der Waals surface area (Å²) in [6.07, 6.45) is -5.68. The highest BCUT2D eigenvalue weighted by atomic mass is 19.3. The molecule has 1 amide bonds. The zero-order valence-electron chi connectivity index (χ0n) is 15.8. The molecule has 1 saturated heterocycles. The summed E-state index contributed by atoms with van der Waals surface area (Å²) in [6, 6.07) is 6.81. The maximum atomic E-state index is 14.7. The van der Waals surface area contributed by atoms with Gasteiger partial charge in [0.15, 0.2) is 6.10 Å². The predicted octanol–water partition coefficient (Wildman–Crippen LogP) is 2.33. The number of hydrogen-bond donors (Lipinski definition) is 1. The highest BCUT2D eigenvalue weighted by Gasteiger charge is 2.53. The van der Waals surface area contributed by atoms with Crippen molar-refractivity contribution < 1.29 is 32.2 Å². The van der Waals surface area contributed by atoms with E-state index in [0.717, 1.165) is 11.0 Å². The third-order valence-electron chi connectivity index (χ3n) is 4.65. The summed E-state index contributed by atoms with van der Waals surface area (Å²) in [7, 11) is 1.60. The highest BCUT2D eigenvalue weighted by Crippen LogP contribution is 2.33. The first kappa shape index (κ1) is 20.7. The molecule has 1 aliphatic rings. The largest absolute Gasteiger partial charge is 0.438 e. The van der Waals surface area contributed by atoms with Crippen LogP contribution in [0.3, 0.4) is 0 Å². The Morgan fingerprint density at radius 1 is 1.29 bits per heavy atom. The molecule has 2 unspecified atom stereocenters. The molecule has 4 rings (SSSR count). The fourth-order valence-electron chi connectivity index (χ4n) is 3.00. The Bertz CT molecular complexity index is 1120. The zero-order valence-corrected chi connectivity index (χ0v) is 15.8. The van der Waals surface area contributed by atoms with Crippen LogP contribution in [-0.2, 0) is 11.8 Å². The quantitative estimate of drug-likeness (QED) is 0.610. The monoisotopic (exact) mass is 438 g/mol. The summed E-state index contributed by atoms with van der Waals surface area (Å²) in [4.78, 5) is 18.1. The van der Waals surface area contributed by atoms with E-state index in [4.69, 9.17) is 0 Å². The number of aromatic nitrogens is 5. The number of halogens is 4. The Morgan fingerprint density at radius 2 is 2.06 bits per heavy atom. The number of rotatable bonds is 5. The topological polar surface area (TPSA) is 106 Å². The molecular weight excluding hydrogens is 424 g/mol. The van der Waals surface area contributed by atoms with Crippen molar-refractivity contribution in [1.82, 2.24) is 25.2 Å². The molecule has 0 aliphatic carbocycles. The van der Waals surface area contributed by atoms with Gasteiger partial charge in [-0.15, -0.1) is 10.2 Å². The molecule has 0 saturated carbocycles. The summed E-state index contributed by atoms with van der Waals surface area (Å²) in [5, 5.41) is 20.8. The van der Waals surface area contributed by atoms with Crippen molar-refractivity contribution in [3.63, 3.8) is 0 Å². The molecule has 0 bridgehead atoms. The maximum absolute atomic E-state index is 14.7. The van der Waals surface area contributed by atoms with Crippen LogP contribution in [0.5, 0.6) is 0 Å². The van der Waals surface area contributed by atoms with Crippen molar-refractivity contribution in [2.45, 2.75) is 18.4 Å². The number of benzene rings is 1. The minimum absolute atomic E-state index is 0.0489. The van der Waals surface area contributed by atoms with Crippen LogP contribution in [0.2, 0.25) is 0 Å². The van der Waals surface area contributed by atoms with Crippen molar-refractivity contribution in [3.8, 4) is 22.6 Å². The van der Waals surface area contributed by atoms with Crippen LogP contribution >= 0.6 is 0 Å². The molecule has 13 heteroatoms. The lowest BCUT2D eigenvalue weighted by Crippen LogP contribution is -2.46. The van der Waals surface area contributed by atoms with Gasteiger partial charge in [-0.2, -0.15) is 4.80 Å². The maximum Gasteiger partial charge on any atom is 0.414 e. The Morgan fingerprint density at radius 3 is 2.65 bits per heavy atom. The van der Waals surface area contributed by atoms with Crippen LogP contribution < -0.4 is 4.90 Å². The molecule has 3 heterocycles. The third-order valence-corrected chi connectivity index (χ3v) is 4.65. The fraction of sp³-hybridized carbons (Fsp3) is 0.278. The summed E-state index contributed by atoms with van der Waals surface area (Å²) < 4.78 is 58.2. The lowest BCUT2D eigenvalue weighted by atomic mass is 10.1. The molecule has 1 aliphatic heterocycles. The van der Waals surface area contributed by atoms with Gasteiger partial charge in [-0.1, -0.05) is 6.07 Å². The fourth-order valence-corrected chi connectivity index (χ4v) is 3.00. The Balaban J connectivity index is 1.55. The lowest BCUT2D eigenvalue weighted by Gasteiger charge is -2.22. The number of anilines is 1. The molecule has 9 nitrogen and oxygen atoms in total. The number of nitrogens with zero attached hydrogens (tertiary/aromatic N) is 6. The van der Waals surface area contributed by atoms with Gasteiger partial charge >= 0.3 is 11.9 Å². The number of carbonyl (C=O) groups excluding carboxylic acids is 1. The van der Waals surface area contributed by atoms with E-state index in [1.165, 1.54) is 23.1 Å². The van der Waals surface area contributed by atoms with E-state index in [0.29, 0.717) is 17.1 Å². The summed E-state index contributed by atoms with van der Waals surface area (Å²) in [5.74, 6) is -4.47. The Labute approximate surface area is 171 Å². The highest BCUT2D eigenvalue weighted by molar-refractivity contribution is 5.90. The second-order valence-electron chi connectivity index (χ2n) is 6.71. The van der Waals surface area contributed by atoms with Gasteiger partial charge in [0.25, 0.3) is 6.43 Å². The van der Waals surface area contributed by atoms with Crippen LogP contribution in [0.1, 0.15) is 0 Å². The van der Waals surface area contributed by atoms with E-state index in [2.05, 4.69) is 25.1 Å². The molecule has 0 spiro atoms. The molecular formula is C18H14F4N6O3. The van der Waals surface area contributed by atoms with Gasteiger partial charge in [0.2, 0.25) is 5.82 Å². The number of aliphatic hydroxyl groups is 1. The van der Waals surface area contributed by atoms with E-state index >= 15 is 0 Å². The SMILES string of the molecule is Cn1nnc(-c2ccc(-c3ccc(N4CC(C(O)(F)C(F)F)OC4=O)cc3F)cn2)n1. The van der Waals surface area contributed by atoms with E-state index in [-0.39, 0.29) is 11.3 Å². The Hall–Kier alpha value is -3.61. The molecule has 162 valence electrons. The molecule has 0 radical (unpaired) electrons. The molecule has 3 aromatic rings. The van der Waals surface area contributed by atoms with Crippen molar-refractivity contribution in [1.29, 1.82) is 0 Å². The van der Waals surface area contributed by atoms with Gasteiger partial charge in [-0.25, -0.2) is 22.4 Å². The smallest absolute Gasteiger partial charge is 0.414 e. The number of amides is 1. The summed E-state index contributed by atoms with van der Waals surface area (Å²) >= 11 is 0. The summed E-state index contributed by atoms with van der Waals surface area (Å²) in [6.45, 7) is -0.712. The van der Waals surface area contributed by atoms with Gasteiger partial charge < -0.3 is 9.84 Å². The summed E-state index contributed by atoms with van der Waals surface area (Å²) in [5.41, 5.74) is 0.938. The predicted molar refractivity (Wildman–Crippen MR) is 97.1 cm³/mol. The zero-order chi connectivity index (χ0) is 22.3. The average molecular weight is 438 g/mol. The lowest BCUT2D eigenvalue weighted by molar-refractivity contribution is -0.230. The molecule has 2 atom stereocenters. The second-order valence-corrected chi connectivity index (χ2v) is 6.71. The molecule has 31 heavy (non-hydrogen) atoms. The van der Waals surface area contributed by atoms with Crippen molar-refractivity contribution >= 4 is 11.8 Å². The number of hydrogen-bond acceptors (Lipinski definition) is 7. The first-order chi connectivity index (χ1) is 14.7. The van der Waals surface area contributed by atoms with Crippen LogP contribution in [0, 0.1) is 5.82 Å². The van der Waals surface area contributed by atoms with Gasteiger partial charge in [0, 0.05) is 17.3 Å².